The Hall–Kier alpha value is -4.07. The maximum absolute atomic E-state index is 13.7. The van der Waals surface area contributed by atoms with Gasteiger partial charge in [0.05, 0.1) is 17.2 Å². The Morgan fingerprint density at radius 2 is 1.63 bits per heavy atom. The lowest BCUT2D eigenvalue weighted by molar-refractivity contribution is -0.113. The van der Waals surface area contributed by atoms with Gasteiger partial charge in [-0.15, -0.1) is 10.2 Å². The van der Waals surface area contributed by atoms with Gasteiger partial charge in [0.2, 0.25) is 15.9 Å². The number of nitrogens with one attached hydrogen (secondary N) is 2. The zero-order chi connectivity index (χ0) is 31.1. The average molecular weight is 625 g/mol. The van der Waals surface area contributed by atoms with Crippen molar-refractivity contribution in [3.05, 3.63) is 95.1 Å². The molecule has 0 atom stereocenters. The number of aryl methyl sites for hydroxylation is 2. The number of sulfonamides is 1. The van der Waals surface area contributed by atoms with Crippen LogP contribution in [0.1, 0.15) is 41.2 Å². The molecule has 0 aliphatic rings. The third-order valence-corrected chi connectivity index (χ3v) is 9.64. The molecule has 0 aliphatic heterocycles. The van der Waals surface area contributed by atoms with Gasteiger partial charge in [-0.3, -0.25) is 14.2 Å². The van der Waals surface area contributed by atoms with E-state index in [1.807, 2.05) is 32.0 Å². The third-order valence-electron chi connectivity index (χ3n) is 6.65. The molecule has 13 heteroatoms. The minimum atomic E-state index is -3.65. The summed E-state index contributed by atoms with van der Waals surface area (Å²) in [5.41, 5.74) is 3.52. The van der Waals surface area contributed by atoms with Crippen LogP contribution >= 0.6 is 11.8 Å². The fourth-order valence-electron chi connectivity index (χ4n) is 4.30. The highest BCUT2D eigenvalue weighted by Gasteiger charge is 2.22. The summed E-state index contributed by atoms with van der Waals surface area (Å²) >= 11 is 1.15. The molecule has 4 rings (SSSR count). The fourth-order valence-corrected chi connectivity index (χ4v) is 6.53. The Bertz CT molecular complexity index is 1700. The van der Waals surface area contributed by atoms with Crippen molar-refractivity contribution in [1.29, 1.82) is 0 Å². The summed E-state index contributed by atoms with van der Waals surface area (Å²) in [6.45, 7) is 8.04. The van der Waals surface area contributed by atoms with Gasteiger partial charge < -0.3 is 10.6 Å². The molecule has 1 heterocycles. The molecule has 0 saturated heterocycles. The Kier molecular flexibility index (Phi) is 10.3. The number of halogens is 1. The maximum atomic E-state index is 13.7. The standard InChI is InChI=1S/C30H33FN6O4S2/c1-5-36(6-2)43(40,41)25-15-9-22(10-16-25)29(39)32-18-27-34-35-30(37(27)24-13-11-23(31)12-14-24)42-19-28(38)33-26-17-20(3)7-8-21(26)4/h7-17H,5-6,18-19H2,1-4H3,(H,32,39)(H,33,38). The number of nitrogens with zero attached hydrogens (tertiary/aromatic N) is 4. The van der Waals surface area contributed by atoms with E-state index in [2.05, 4.69) is 20.8 Å². The minimum absolute atomic E-state index is 0.0298. The summed E-state index contributed by atoms with van der Waals surface area (Å²) in [7, 11) is -3.65. The van der Waals surface area contributed by atoms with Crippen molar-refractivity contribution in [1.82, 2.24) is 24.4 Å². The number of carbonyl (C=O) groups excluding carboxylic acids is 2. The lowest BCUT2D eigenvalue weighted by Crippen LogP contribution is -2.30. The van der Waals surface area contributed by atoms with Crippen molar-refractivity contribution in [2.45, 2.75) is 44.3 Å². The van der Waals surface area contributed by atoms with Crippen LogP contribution in [0, 0.1) is 19.7 Å². The van der Waals surface area contributed by atoms with Crippen LogP contribution in [0.25, 0.3) is 5.69 Å². The molecule has 0 spiro atoms. The van der Waals surface area contributed by atoms with Gasteiger partial charge in [-0.25, -0.2) is 12.8 Å². The van der Waals surface area contributed by atoms with Gasteiger partial charge >= 0.3 is 0 Å². The van der Waals surface area contributed by atoms with Crippen molar-refractivity contribution in [2.75, 3.05) is 24.2 Å². The molecule has 0 radical (unpaired) electrons. The van der Waals surface area contributed by atoms with Crippen molar-refractivity contribution < 1.29 is 22.4 Å². The summed E-state index contributed by atoms with van der Waals surface area (Å²) in [5, 5.41) is 14.5. The van der Waals surface area contributed by atoms with Crippen molar-refractivity contribution in [2.24, 2.45) is 0 Å². The number of hydrogen-bond acceptors (Lipinski definition) is 7. The summed E-state index contributed by atoms with van der Waals surface area (Å²) in [6, 6.07) is 17.2. The summed E-state index contributed by atoms with van der Waals surface area (Å²) in [5.74, 6) is -0.684. The molecule has 0 unspecified atom stereocenters. The second-order valence-electron chi connectivity index (χ2n) is 9.66. The highest BCUT2D eigenvalue weighted by Crippen LogP contribution is 2.24. The van der Waals surface area contributed by atoms with E-state index in [9.17, 15) is 22.4 Å². The predicted octanol–water partition coefficient (Wildman–Crippen LogP) is 4.71. The second kappa shape index (κ2) is 13.9. The molecule has 0 bridgehead atoms. The molecule has 2 N–H and O–H groups in total. The Labute approximate surface area is 254 Å². The molecule has 10 nitrogen and oxygen atoms in total. The first-order valence-corrected chi connectivity index (χ1v) is 16.0. The second-order valence-corrected chi connectivity index (χ2v) is 12.5. The lowest BCUT2D eigenvalue weighted by atomic mass is 10.1. The van der Waals surface area contributed by atoms with Crippen LogP contribution in [0.2, 0.25) is 0 Å². The van der Waals surface area contributed by atoms with E-state index in [1.54, 1.807) is 30.5 Å². The number of anilines is 1. The zero-order valence-corrected chi connectivity index (χ0v) is 25.9. The van der Waals surface area contributed by atoms with E-state index in [4.69, 9.17) is 0 Å². The fraction of sp³-hybridized carbons (Fsp3) is 0.267. The molecule has 43 heavy (non-hydrogen) atoms. The first kappa shape index (κ1) is 31.9. The van der Waals surface area contributed by atoms with Gasteiger partial charge in [0.25, 0.3) is 5.91 Å². The summed E-state index contributed by atoms with van der Waals surface area (Å²) < 4.78 is 42.2. The molecular formula is C30H33FN6O4S2. The minimum Gasteiger partial charge on any atom is -0.345 e. The van der Waals surface area contributed by atoms with E-state index in [1.165, 1.54) is 40.7 Å². The van der Waals surface area contributed by atoms with E-state index >= 15 is 0 Å². The molecule has 2 amide bonds. The van der Waals surface area contributed by atoms with Crippen LogP contribution in [0.15, 0.2) is 76.8 Å². The highest BCUT2D eigenvalue weighted by molar-refractivity contribution is 7.99. The molecule has 0 aliphatic carbocycles. The maximum Gasteiger partial charge on any atom is 0.251 e. The SMILES string of the molecule is CCN(CC)S(=O)(=O)c1ccc(C(=O)NCc2nnc(SCC(=O)Nc3cc(C)ccc3C)n2-c2ccc(F)cc2)cc1. The number of amides is 2. The first-order chi connectivity index (χ1) is 20.5. The zero-order valence-electron chi connectivity index (χ0n) is 24.3. The number of benzene rings is 3. The van der Waals surface area contributed by atoms with E-state index in [0.717, 1.165) is 28.6 Å². The number of rotatable bonds is 12. The van der Waals surface area contributed by atoms with Crippen LogP contribution in [0.5, 0.6) is 0 Å². The monoisotopic (exact) mass is 624 g/mol. The predicted molar refractivity (Wildman–Crippen MR) is 164 cm³/mol. The Balaban J connectivity index is 1.49. The summed E-state index contributed by atoms with van der Waals surface area (Å²) in [6.07, 6.45) is 0. The lowest BCUT2D eigenvalue weighted by Gasteiger charge is -2.18. The van der Waals surface area contributed by atoms with Crippen molar-refractivity contribution >= 4 is 39.3 Å². The van der Waals surface area contributed by atoms with Crippen molar-refractivity contribution in [3.63, 3.8) is 0 Å². The smallest absolute Gasteiger partial charge is 0.251 e. The van der Waals surface area contributed by atoms with Gasteiger partial charge in [-0.1, -0.05) is 37.7 Å². The van der Waals surface area contributed by atoms with Gasteiger partial charge in [0.15, 0.2) is 11.0 Å². The molecular weight excluding hydrogens is 592 g/mol. The van der Waals surface area contributed by atoms with Crippen LogP contribution in [-0.4, -0.2) is 58.1 Å². The number of thioether (sulfide) groups is 1. The van der Waals surface area contributed by atoms with Gasteiger partial charge in [0, 0.05) is 30.0 Å². The van der Waals surface area contributed by atoms with Gasteiger partial charge in [0.1, 0.15) is 5.82 Å². The van der Waals surface area contributed by atoms with Crippen LogP contribution < -0.4 is 10.6 Å². The molecule has 0 fully saturated rings. The van der Waals surface area contributed by atoms with Crippen LogP contribution in [0.3, 0.4) is 0 Å². The average Bonchev–Trinajstić information content (AvgIpc) is 3.40. The molecule has 4 aromatic rings. The van der Waals surface area contributed by atoms with Crippen molar-refractivity contribution in [3.8, 4) is 5.69 Å². The van der Waals surface area contributed by atoms with Gasteiger partial charge in [-0.2, -0.15) is 4.31 Å². The summed E-state index contributed by atoms with van der Waals surface area (Å²) in [4.78, 5) is 25.8. The first-order valence-electron chi connectivity index (χ1n) is 13.6. The molecule has 3 aromatic carbocycles. The molecule has 1 aromatic heterocycles. The topological polar surface area (TPSA) is 126 Å². The number of aromatic nitrogens is 3. The van der Waals surface area contributed by atoms with E-state index in [-0.39, 0.29) is 28.7 Å². The largest absolute Gasteiger partial charge is 0.345 e. The van der Waals surface area contributed by atoms with E-state index in [0.29, 0.717) is 29.8 Å². The van der Waals surface area contributed by atoms with E-state index < -0.39 is 21.7 Å². The van der Waals surface area contributed by atoms with Crippen LogP contribution in [0.4, 0.5) is 10.1 Å². The Morgan fingerprint density at radius 3 is 2.28 bits per heavy atom. The number of carbonyl (C=O) groups is 2. The molecule has 0 saturated carbocycles. The quantitative estimate of drug-likeness (QED) is 0.219. The van der Waals surface area contributed by atoms with Gasteiger partial charge in [-0.05, 0) is 79.6 Å². The normalized spacial score (nSPS) is 11.5. The highest BCUT2D eigenvalue weighted by atomic mass is 32.2. The van der Waals surface area contributed by atoms with Crippen LogP contribution in [-0.2, 0) is 21.4 Å². The number of hydrogen-bond donors (Lipinski definition) is 2. The Morgan fingerprint density at radius 1 is 0.953 bits per heavy atom. The molecule has 226 valence electrons. The third kappa shape index (κ3) is 7.66.